The van der Waals surface area contributed by atoms with Crippen LogP contribution in [0.2, 0.25) is 0 Å². The monoisotopic (exact) mass is 425 g/mol. The van der Waals surface area contributed by atoms with Crippen LogP contribution in [0, 0.1) is 5.92 Å². The number of nitrogens with one attached hydrogen (secondary N) is 3. The zero-order valence-corrected chi connectivity index (χ0v) is 18.6. The van der Waals surface area contributed by atoms with Crippen molar-refractivity contribution >= 4 is 23.5 Å². The molecule has 0 aromatic carbocycles. The van der Waals surface area contributed by atoms with E-state index in [9.17, 15) is 0 Å². The summed E-state index contributed by atoms with van der Waals surface area (Å²) < 4.78 is 0. The van der Waals surface area contributed by atoms with Crippen LogP contribution in [0.25, 0.3) is 0 Å². The molecule has 1 aliphatic carbocycles. The Balaban J connectivity index is 1.37. The largest absolute Gasteiger partial charge is 0.354 e. The third-order valence-corrected chi connectivity index (χ3v) is 6.15. The first-order valence-corrected chi connectivity index (χ1v) is 11.6. The minimum atomic E-state index is 0.537. The van der Waals surface area contributed by atoms with Gasteiger partial charge in [0.25, 0.3) is 0 Å². The number of anilines is 4. The van der Waals surface area contributed by atoms with Gasteiger partial charge in [0, 0.05) is 63.9 Å². The summed E-state index contributed by atoms with van der Waals surface area (Å²) >= 11 is 0. The van der Waals surface area contributed by atoms with Crippen LogP contribution in [-0.2, 0) is 0 Å². The molecule has 3 N–H and O–H groups in total. The number of likely N-dealkylation sites (N-methyl/N-ethyl adjacent to an activating group) is 1. The number of rotatable bonds is 9. The lowest BCUT2D eigenvalue weighted by molar-refractivity contribution is 0.158. The number of hydrogen-bond donors (Lipinski definition) is 3. The zero-order valence-electron chi connectivity index (χ0n) is 18.6. The van der Waals surface area contributed by atoms with E-state index in [-0.39, 0.29) is 0 Å². The Bertz CT molecular complexity index is 787. The summed E-state index contributed by atoms with van der Waals surface area (Å²) in [5.41, 5.74) is 0.905. The van der Waals surface area contributed by atoms with Crippen molar-refractivity contribution in [1.29, 1.82) is 0 Å². The van der Waals surface area contributed by atoms with Crippen molar-refractivity contribution in [3.8, 4) is 0 Å². The van der Waals surface area contributed by atoms with Gasteiger partial charge in [-0.1, -0.05) is 19.3 Å². The average molecular weight is 426 g/mol. The molecule has 0 amide bonds. The number of hydrogen-bond acceptors (Lipinski definition) is 9. The molecule has 2 fully saturated rings. The van der Waals surface area contributed by atoms with E-state index in [4.69, 9.17) is 0 Å². The van der Waals surface area contributed by atoms with Gasteiger partial charge >= 0.3 is 0 Å². The minimum absolute atomic E-state index is 0.537. The molecule has 0 radical (unpaired) electrons. The summed E-state index contributed by atoms with van der Waals surface area (Å²) in [6.07, 6.45) is 10.1. The first-order valence-electron chi connectivity index (χ1n) is 11.6. The SMILES string of the molecule is CN1CCN(CCNc2nc(NCC3CCCCC3)nc(Nc3ccncc3)n2)CC1. The highest BCUT2D eigenvalue weighted by Crippen LogP contribution is 2.24. The highest BCUT2D eigenvalue weighted by molar-refractivity contribution is 5.54. The summed E-state index contributed by atoms with van der Waals surface area (Å²) in [5.74, 6) is 2.47. The van der Waals surface area contributed by atoms with E-state index in [1.807, 2.05) is 12.1 Å². The Morgan fingerprint density at radius 1 is 0.871 bits per heavy atom. The molecular weight excluding hydrogens is 390 g/mol. The third-order valence-electron chi connectivity index (χ3n) is 6.15. The van der Waals surface area contributed by atoms with Crippen LogP contribution >= 0.6 is 0 Å². The predicted molar refractivity (Wildman–Crippen MR) is 125 cm³/mol. The molecule has 0 spiro atoms. The maximum Gasteiger partial charge on any atom is 0.233 e. The van der Waals surface area contributed by atoms with E-state index in [1.54, 1.807) is 12.4 Å². The third kappa shape index (κ3) is 7.00. The molecule has 31 heavy (non-hydrogen) atoms. The van der Waals surface area contributed by atoms with Crippen LogP contribution in [-0.4, -0.2) is 82.6 Å². The molecule has 0 unspecified atom stereocenters. The van der Waals surface area contributed by atoms with Crippen LogP contribution in [0.5, 0.6) is 0 Å². The van der Waals surface area contributed by atoms with Gasteiger partial charge in [-0.05, 0) is 37.9 Å². The number of piperazine rings is 1. The Hall–Kier alpha value is -2.52. The standard InChI is InChI=1S/C22H35N9/c1-30-13-15-31(16-14-30)12-11-24-20-27-21(25-17-18-5-3-2-4-6-18)29-22(28-20)26-19-7-9-23-10-8-19/h7-10,18H,2-6,11-17H2,1H3,(H3,23,24,25,26,27,28,29). The second-order valence-electron chi connectivity index (χ2n) is 8.62. The van der Waals surface area contributed by atoms with Crippen molar-refractivity contribution in [3.05, 3.63) is 24.5 Å². The van der Waals surface area contributed by atoms with Gasteiger partial charge in [0.15, 0.2) is 0 Å². The van der Waals surface area contributed by atoms with E-state index in [0.717, 1.165) is 51.5 Å². The van der Waals surface area contributed by atoms with Gasteiger partial charge in [0.2, 0.25) is 17.8 Å². The molecule has 1 saturated heterocycles. The van der Waals surface area contributed by atoms with E-state index < -0.39 is 0 Å². The van der Waals surface area contributed by atoms with Crippen LogP contribution in [0.1, 0.15) is 32.1 Å². The Morgan fingerprint density at radius 2 is 1.55 bits per heavy atom. The van der Waals surface area contributed by atoms with Crippen LogP contribution < -0.4 is 16.0 Å². The summed E-state index contributed by atoms with van der Waals surface area (Å²) in [4.78, 5) is 22.7. The van der Waals surface area contributed by atoms with Crippen molar-refractivity contribution in [2.24, 2.45) is 5.92 Å². The Kier molecular flexibility index (Phi) is 7.84. The molecule has 1 saturated carbocycles. The van der Waals surface area contributed by atoms with E-state index >= 15 is 0 Å². The summed E-state index contributed by atoms with van der Waals surface area (Å²) in [6, 6.07) is 3.80. The fourth-order valence-electron chi connectivity index (χ4n) is 4.18. The van der Waals surface area contributed by atoms with Gasteiger partial charge in [-0.25, -0.2) is 0 Å². The van der Waals surface area contributed by atoms with Gasteiger partial charge in [-0.15, -0.1) is 0 Å². The van der Waals surface area contributed by atoms with Crippen LogP contribution in [0.3, 0.4) is 0 Å². The molecule has 1 aliphatic heterocycles. The molecule has 2 aromatic rings. The lowest BCUT2D eigenvalue weighted by atomic mass is 9.89. The number of pyridine rings is 1. The fourth-order valence-corrected chi connectivity index (χ4v) is 4.18. The highest BCUT2D eigenvalue weighted by Gasteiger charge is 2.15. The van der Waals surface area contributed by atoms with Gasteiger partial charge in [0.05, 0.1) is 0 Å². The maximum atomic E-state index is 4.63. The lowest BCUT2D eigenvalue weighted by Gasteiger charge is -2.32. The van der Waals surface area contributed by atoms with E-state index in [1.165, 1.54) is 32.1 Å². The van der Waals surface area contributed by atoms with E-state index in [2.05, 4.69) is 52.7 Å². The fraction of sp³-hybridized carbons (Fsp3) is 0.636. The van der Waals surface area contributed by atoms with Crippen LogP contribution in [0.15, 0.2) is 24.5 Å². The van der Waals surface area contributed by atoms with Crippen molar-refractivity contribution in [2.45, 2.75) is 32.1 Å². The molecular formula is C22H35N9. The maximum absolute atomic E-state index is 4.63. The van der Waals surface area contributed by atoms with Gasteiger partial charge in [-0.2, -0.15) is 15.0 Å². The number of nitrogens with zero attached hydrogens (tertiary/aromatic N) is 6. The molecule has 2 aliphatic rings. The Morgan fingerprint density at radius 3 is 2.29 bits per heavy atom. The highest BCUT2D eigenvalue weighted by atomic mass is 15.3. The molecule has 9 nitrogen and oxygen atoms in total. The molecule has 0 bridgehead atoms. The second kappa shape index (κ2) is 11.2. The molecule has 9 heteroatoms. The van der Waals surface area contributed by atoms with Gasteiger partial charge in [-0.3, -0.25) is 9.88 Å². The quantitative estimate of drug-likeness (QED) is 0.560. The summed E-state index contributed by atoms with van der Waals surface area (Å²) in [7, 11) is 2.18. The van der Waals surface area contributed by atoms with Crippen LogP contribution in [0.4, 0.5) is 23.5 Å². The first kappa shape index (κ1) is 21.7. The molecule has 4 rings (SSSR count). The van der Waals surface area contributed by atoms with Crippen molar-refractivity contribution < 1.29 is 0 Å². The molecule has 168 valence electrons. The van der Waals surface area contributed by atoms with Crippen molar-refractivity contribution in [2.75, 3.05) is 68.8 Å². The number of aromatic nitrogens is 4. The van der Waals surface area contributed by atoms with Gasteiger partial charge < -0.3 is 20.9 Å². The molecule has 0 atom stereocenters. The van der Waals surface area contributed by atoms with E-state index in [0.29, 0.717) is 23.8 Å². The first-order chi connectivity index (χ1) is 15.2. The summed E-state index contributed by atoms with van der Waals surface area (Å²) in [6.45, 7) is 7.18. The smallest absolute Gasteiger partial charge is 0.233 e. The Labute approximate surface area is 185 Å². The predicted octanol–water partition coefficient (Wildman–Crippen LogP) is 2.66. The second-order valence-corrected chi connectivity index (χ2v) is 8.62. The molecule has 3 heterocycles. The van der Waals surface area contributed by atoms with Crippen molar-refractivity contribution in [1.82, 2.24) is 29.7 Å². The lowest BCUT2D eigenvalue weighted by Crippen LogP contribution is -2.45. The normalized spacial score (nSPS) is 18.6. The molecule has 2 aromatic heterocycles. The van der Waals surface area contributed by atoms with Crippen molar-refractivity contribution in [3.63, 3.8) is 0 Å². The van der Waals surface area contributed by atoms with Gasteiger partial charge in [0.1, 0.15) is 0 Å². The average Bonchev–Trinajstić information content (AvgIpc) is 2.80. The minimum Gasteiger partial charge on any atom is -0.354 e. The summed E-state index contributed by atoms with van der Waals surface area (Å²) in [5, 5.41) is 10.1. The topological polar surface area (TPSA) is 94.1 Å². The zero-order chi connectivity index (χ0) is 21.3.